The molecule has 12 heteroatoms. The van der Waals surface area contributed by atoms with E-state index in [4.69, 9.17) is 16.3 Å². The van der Waals surface area contributed by atoms with Crippen LogP contribution in [0.3, 0.4) is 0 Å². The van der Waals surface area contributed by atoms with Gasteiger partial charge in [-0.25, -0.2) is 4.98 Å². The summed E-state index contributed by atoms with van der Waals surface area (Å²) in [5.74, 6) is 0.165. The molecule has 44 heavy (non-hydrogen) atoms. The number of alkyl halides is 3. The van der Waals surface area contributed by atoms with Crippen molar-refractivity contribution in [1.82, 2.24) is 19.8 Å². The minimum absolute atomic E-state index is 0.167. The fourth-order valence-electron chi connectivity index (χ4n) is 4.95. The van der Waals surface area contributed by atoms with Crippen LogP contribution in [-0.2, 0) is 6.18 Å². The highest BCUT2D eigenvalue weighted by Crippen LogP contribution is 2.34. The summed E-state index contributed by atoms with van der Waals surface area (Å²) in [5, 5.41) is 5.61. The maximum atomic E-state index is 14.4. The molecule has 2 aromatic carbocycles. The SMILES string of the molecule is CCOc1ccc(Cl)cc1-n1c(C=C(C)C)c(C(=O)N2CCNCC2)cc(-c2nc(-c3ccc(C(F)(F)F)cc3)cs2)c1=O. The first kappa shape index (κ1) is 31.5. The number of nitrogens with one attached hydrogen (secondary N) is 1. The van der Waals surface area contributed by atoms with Crippen LogP contribution in [0.1, 0.15) is 42.4 Å². The molecule has 1 N–H and O–H groups in total. The summed E-state index contributed by atoms with van der Waals surface area (Å²) in [7, 11) is 0. The number of hydrogen-bond acceptors (Lipinski definition) is 6. The fraction of sp³-hybridized carbons (Fsp3) is 0.281. The molecular weight excluding hydrogens is 613 g/mol. The van der Waals surface area contributed by atoms with Gasteiger partial charge in [0.2, 0.25) is 0 Å². The topological polar surface area (TPSA) is 76.5 Å². The van der Waals surface area contributed by atoms with Crippen molar-refractivity contribution in [3.05, 3.63) is 91.7 Å². The van der Waals surface area contributed by atoms with E-state index in [2.05, 4.69) is 10.3 Å². The molecule has 0 saturated carbocycles. The van der Waals surface area contributed by atoms with Gasteiger partial charge in [-0.15, -0.1) is 11.3 Å². The van der Waals surface area contributed by atoms with Crippen LogP contribution >= 0.6 is 22.9 Å². The lowest BCUT2D eigenvalue weighted by Crippen LogP contribution is -2.47. The van der Waals surface area contributed by atoms with Crippen molar-refractivity contribution in [3.63, 3.8) is 0 Å². The third-order valence-electron chi connectivity index (χ3n) is 7.00. The fourth-order valence-corrected chi connectivity index (χ4v) is 5.95. The van der Waals surface area contributed by atoms with Crippen molar-refractivity contribution in [2.75, 3.05) is 32.8 Å². The molecule has 1 saturated heterocycles. The van der Waals surface area contributed by atoms with Gasteiger partial charge >= 0.3 is 6.18 Å². The van der Waals surface area contributed by atoms with E-state index in [1.54, 1.807) is 40.6 Å². The lowest BCUT2D eigenvalue weighted by molar-refractivity contribution is -0.137. The average Bonchev–Trinajstić information content (AvgIpc) is 3.48. The first-order valence-electron chi connectivity index (χ1n) is 14.0. The Morgan fingerprint density at radius 3 is 2.45 bits per heavy atom. The van der Waals surface area contributed by atoms with E-state index in [1.807, 2.05) is 20.8 Å². The van der Waals surface area contributed by atoms with Gasteiger partial charge < -0.3 is 15.0 Å². The molecule has 5 rings (SSSR count). The molecule has 0 aliphatic carbocycles. The normalized spacial score (nSPS) is 13.6. The smallest absolute Gasteiger partial charge is 0.416 e. The van der Waals surface area contributed by atoms with Crippen LogP contribution in [-0.4, -0.2) is 53.1 Å². The lowest BCUT2D eigenvalue weighted by Gasteiger charge is -2.29. The number of carbonyl (C=O) groups is 1. The second-order valence-electron chi connectivity index (χ2n) is 10.4. The molecule has 4 aromatic rings. The summed E-state index contributed by atoms with van der Waals surface area (Å²) in [4.78, 5) is 34.9. The van der Waals surface area contributed by atoms with E-state index in [-0.39, 0.29) is 11.5 Å². The van der Waals surface area contributed by atoms with Crippen LogP contribution in [0.5, 0.6) is 5.75 Å². The molecule has 0 radical (unpaired) electrons. The largest absolute Gasteiger partial charge is 0.492 e. The average molecular weight is 643 g/mol. The Morgan fingerprint density at radius 1 is 1.11 bits per heavy atom. The van der Waals surface area contributed by atoms with Crippen LogP contribution in [0.25, 0.3) is 33.6 Å². The van der Waals surface area contributed by atoms with Crippen LogP contribution < -0.4 is 15.6 Å². The van der Waals surface area contributed by atoms with Gasteiger partial charge in [0, 0.05) is 42.1 Å². The third-order valence-corrected chi connectivity index (χ3v) is 8.11. The van der Waals surface area contributed by atoms with E-state index < -0.39 is 17.3 Å². The number of pyridine rings is 1. The molecule has 1 amide bonds. The molecule has 0 atom stereocenters. The molecule has 0 spiro atoms. The van der Waals surface area contributed by atoms with Gasteiger partial charge in [0.15, 0.2) is 0 Å². The van der Waals surface area contributed by atoms with Gasteiger partial charge in [-0.3, -0.25) is 14.2 Å². The summed E-state index contributed by atoms with van der Waals surface area (Å²) in [6.45, 7) is 8.18. The van der Waals surface area contributed by atoms with Gasteiger partial charge in [0.1, 0.15) is 10.8 Å². The molecule has 1 aliphatic heterocycles. The number of allylic oxidation sites excluding steroid dienone is 1. The summed E-state index contributed by atoms with van der Waals surface area (Å²) < 4.78 is 46.7. The summed E-state index contributed by atoms with van der Waals surface area (Å²) >= 11 is 7.58. The Bertz CT molecular complexity index is 1770. The van der Waals surface area contributed by atoms with E-state index in [0.29, 0.717) is 76.8 Å². The number of amides is 1. The quantitative estimate of drug-likeness (QED) is 0.231. The maximum Gasteiger partial charge on any atom is 0.416 e. The summed E-state index contributed by atoms with van der Waals surface area (Å²) in [6, 6.07) is 11.2. The lowest BCUT2D eigenvalue weighted by atomic mass is 10.0. The number of nitrogens with zero attached hydrogens (tertiary/aromatic N) is 3. The Kier molecular flexibility index (Phi) is 9.28. The molecule has 0 unspecified atom stereocenters. The molecule has 3 heterocycles. The summed E-state index contributed by atoms with van der Waals surface area (Å²) in [6.07, 6.45) is -2.68. The predicted octanol–water partition coefficient (Wildman–Crippen LogP) is 7.17. The number of thiazole rings is 1. The third kappa shape index (κ3) is 6.59. The van der Waals surface area contributed by atoms with Crippen LogP contribution in [0.4, 0.5) is 13.2 Å². The molecule has 7 nitrogen and oxygen atoms in total. The minimum atomic E-state index is -4.46. The minimum Gasteiger partial charge on any atom is -0.492 e. The number of ether oxygens (including phenoxy) is 1. The van der Waals surface area contributed by atoms with Crippen LogP contribution in [0, 0.1) is 0 Å². The van der Waals surface area contributed by atoms with Crippen molar-refractivity contribution in [2.45, 2.75) is 26.9 Å². The van der Waals surface area contributed by atoms with Crippen molar-refractivity contribution in [3.8, 4) is 33.3 Å². The number of halogens is 4. The van der Waals surface area contributed by atoms with Crippen molar-refractivity contribution in [2.24, 2.45) is 0 Å². The van der Waals surface area contributed by atoms with Gasteiger partial charge in [-0.1, -0.05) is 29.3 Å². The van der Waals surface area contributed by atoms with Crippen LogP contribution in [0.15, 0.2) is 64.3 Å². The van der Waals surface area contributed by atoms with Crippen molar-refractivity contribution in [1.29, 1.82) is 0 Å². The van der Waals surface area contributed by atoms with Crippen molar-refractivity contribution < 1.29 is 22.7 Å². The van der Waals surface area contributed by atoms with Gasteiger partial charge in [-0.2, -0.15) is 13.2 Å². The Hall–Kier alpha value is -3.93. The zero-order valence-electron chi connectivity index (χ0n) is 24.3. The number of rotatable bonds is 7. The second kappa shape index (κ2) is 13.0. The van der Waals surface area contributed by atoms with Gasteiger partial charge in [0.05, 0.1) is 40.4 Å². The standard InChI is InChI=1S/C32H30ClF3N4O3S/c1-4-43-28-10-9-22(33)16-27(28)40-26(15-19(2)3)23(30(41)39-13-11-37-12-14-39)17-24(31(40)42)29-38-25(18-44-29)20-5-7-21(8-6-20)32(34,35)36/h5-10,15-18,37H,4,11-14H2,1-3H3. The monoisotopic (exact) mass is 642 g/mol. The van der Waals surface area contributed by atoms with E-state index in [1.165, 1.54) is 16.7 Å². The van der Waals surface area contributed by atoms with E-state index in [0.717, 1.165) is 29.0 Å². The highest BCUT2D eigenvalue weighted by atomic mass is 35.5. The number of aromatic nitrogens is 2. The number of piperazine rings is 1. The molecule has 1 aliphatic rings. The molecule has 1 fully saturated rings. The zero-order valence-corrected chi connectivity index (χ0v) is 25.9. The molecule has 0 bridgehead atoms. The highest BCUT2D eigenvalue weighted by molar-refractivity contribution is 7.13. The maximum absolute atomic E-state index is 14.4. The molecular formula is C32H30ClF3N4O3S. The number of hydrogen-bond donors (Lipinski definition) is 1. The van der Waals surface area contributed by atoms with Crippen LogP contribution in [0.2, 0.25) is 5.02 Å². The van der Waals surface area contributed by atoms with E-state index >= 15 is 0 Å². The first-order valence-corrected chi connectivity index (χ1v) is 15.2. The predicted molar refractivity (Wildman–Crippen MR) is 168 cm³/mol. The zero-order chi connectivity index (χ0) is 31.6. The number of benzene rings is 2. The Labute approximate surface area is 261 Å². The van der Waals surface area contributed by atoms with Crippen molar-refractivity contribution >= 4 is 34.9 Å². The van der Waals surface area contributed by atoms with Gasteiger partial charge in [-0.05, 0) is 63.2 Å². The van der Waals surface area contributed by atoms with Gasteiger partial charge in [0.25, 0.3) is 11.5 Å². The summed E-state index contributed by atoms with van der Waals surface area (Å²) in [5.41, 5.74) is 1.73. The molecule has 2 aromatic heterocycles. The molecule has 230 valence electrons. The second-order valence-corrected chi connectivity index (χ2v) is 11.7. The Balaban J connectivity index is 1.75. The Morgan fingerprint density at radius 2 is 1.82 bits per heavy atom. The highest BCUT2D eigenvalue weighted by Gasteiger charge is 2.30. The number of carbonyl (C=O) groups excluding carboxylic acids is 1. The van der Waals surface area contributed by atoms with E-state index in [9.17, 15) is 22.8 Å². The first-order chi connectivity index (χ1) is 21.0.